The standard InChI is InChI=1S/C18H26N4O3/c1-5-16-21-17(25-22-16)13-7-6-12(4)15(10-13)20-18(24)19-14(8-9-23)11(2)3/h6-7,10-11,14,23H,5,8-9H2,1-4H3,(H2,19,20,24). The minimum Gasteiger partial charge on any atom is -0.396 e. The summed E-state index contributed by atoms with van der Waals surface area (Å²) < 4.78 is 5.25. The molecule has 1 aromatic heterocycles. The number of nitrogens with zero attached hydrogens (tertiary/aromatic N) is 2. The lowest BCUT2D eigenvalue weighted by molar-refractivity contribution is 0.227. The first-order valence-corrected chi connectivity index (χ1v) is 8.56. The van der Waals surface area contributed by atoms with Gasteiger partial charge in [0.1, 0.15) is 0 Å². The second-order valence-corrected chi connectivity index (χ2v) is 6.36. The van der Waals surface area contributed by atoms with Crippen LogP contribution in [-0.4, -0.2) is 33.9 Å². The molecule has 0 fully saturated rings. The van der Waals surface area contributed by atoms with Crippen LogP contribution in [0.25, 0.3) is 11.5 Å². The molecule has 1 heterocycles. The first-order valence-electron chi connectivity index (χ1n) is 8.56. The van der Waals surface area contributed by atoms with Gasteiger partial charge in [0.05, 0.1) is 0 Å². The molecule has 0 aliphatic carbocycles. The van der Waals surface area contributed by atoms with Crippen LogP contribution in [0.15, 0.2) is 22.7 Å². The molecule has 0 saturated heterocycles. The molecule has 0 saturated carbocycles. The second kappa shape index (κ2) is 8.62. The van der Waals surface area contributed by atoms with E-state index >= 15 is 0 Å². The van der Waals surface area contributed by atoms with Gasteiger partial charge in [-0.25, -0.2) is 4.79 Å². The highest BCUT2D eigenvalue weighted by Crippen LogP contribution is 2.24. The number of aryl methyl sites for hydroxylation is 2. The van der Waals surface area contributed by atoms with Crippen LogP contribution in [0.1, 0.15) is 38.6 Å². The van der Waals surface area contributed by atoms with E-state index in [1.165, 1.54) is 0 Å². The molecule has 2 rings (SSSR count). The highest BCUT2D eigenvalue weighted by Gasteiger charge is 2.17. The van der Waals surface area contributed by atoms with Gasteiger partial charge in [0.15, 0.2) is 5.82 Å². The third-order valence-corrected chi connectivity index (χ3v) is 4.08. The molecule has 0 spiro atoms. The van der Waals surface area contributed by atoms with Gasteiger partial charge in [-0.05, 0) is 37.0 Å². The summed E-state index contributed by atoms with van der Waals surface area (Å²) in [5.74, 6) is 1.31. The SMILES string of the molecule is CCc1noc(-c2ccc(C)c(NC(=O)NC(CCO)C(C)C)c2)n1. The summed E-state index contributed by atoms with van der Waals surface area (Å²) in [4.78, 5) is 16.6. The monoisotopic (exact) mass is 346 g/mol. The Balaban J connectivity index is 2.13. The van der Waals surface area contributed by atoms with Crippen molar-refractivity contribution < 1.29 is 14.4 Å². The Kier molecular flexibility index (Phi) is 6.52. The molecule has 1 unspecified atom stereocenters. The summed E-state index contributed by atoms with van der Waals surface area (Å²) in [6.07, 6.45) is 1.22. The van der Waals surface area contributed by atoms with Crippen LogP contribution in [0.5, 0.6) is 0 Å². The molecular weight excluding hydrogens is 320 g/mol. The fraction of sp³-hybridized carbons (Fsp3) is 0.500. The van der Waals surface area contributed by atoms with E-state index in [1.54, 1.807) is 0 Å². The predicted molar refractivity (Wildman–Crippen MR) is 96.3 cm³/mol. The lowest BCUT2D eigenvalue weighted by Crippen LogP contribution is -2.41. The van der Waals surface area contributed by atoms with Gasteiger partial charge in [0.2, 0.25) is 0 Å². The van der Waals surface area contributed by atoms with E-state index in [-0.39, 0.29) is 24.6 Å². The fourth-order valence-corrected chi connectivity index (χ4v) is 2.44. The van der Waals surface area contributed by atoms with Gasteiger partial charge in [-0.3, -0.25) is 0 Å². The van der Waals surface area contributed by atoms with Crippen LogP contribution in [-0.2, 0) is 6.42 Å². The molecule has 7 nitrogen and oxygen atoms in total. The topological polar surface area (TPSA) is 100 Å². The van der Waals surface area contributed by atoms with Crippen molar-refractivity contribution in [1.82, 2.24) is 15.5 Å². The lowest BCUT2D eigenvalue weighted by atomic mass is 10.0. The average Bonchev–Trinajstić information content (AvgIpc) is 3.05. The molecule has 0 bridgehead atoms. The summed E-state index contributed by atoms with van der Waals surface area (Å²) in [6.45, 7) is 7.92. The Morgan fingerprint density at radius 1 is 1.36 bits per heavy atom. The van der Waals surface area contributed by atoms with Crippen molar-refractivity contribution >= 4 is 11.7 Å². The minimum absolute atomic E-state index is 0.0363. The number of aromatic nitrogens is 2. The molecule has 0 radical (unpaired) electrons. The van der Waals surface area contributed by atoms with Gasteiger partial charge in [0, 0.05) is 30.3 Å². The number of urea groups is 1. The summed E-state index contributed by atoms with van der Waals surface area (Å²) in [5, 5.41) is 18.8. The van der Waals surface area contributed by atoms with Crippen molar-refractivity contribution in [2.45, 2.75) is 46.6 Å². The normalized spacial score (nSPS) is 12.2. The van der Waals surface area contributed by atoms with Crippen LogP contribution in [0.2, 0.25) is 0 Å². The first-order chi connectivity index (χ1) is 11.9. The predicted octanol–water partition coefficient (Wildman–Crippen LogP) is 3.14. The quantitative estimate of drug-likeness (QED) is 0.715. The number of hydrogen-bond acceptors (Lipinski definition) is 5. The van der Waals surface area contributed by atoms with E-state index in [0.717, 1.165) is 11.1 Å². The van der Waals surface area contributed by atoms with E-state index in [2.05, 4.69) is 20.8 Å². The summed E-state index contributed by atoms with van der Waals surface area (Å²) >= 11 is 0. The third-order valence-electron chi connectivity index (χ3n) is 4.08. The number of carbonyl (C=O) groups is 1. The number of nitrogens with one attached hydrogen (secondary N) is 2. The largest absolute Gasteiger partial charge is 0.396 e. The zero-order valence-corrected chi connectivity index (χ0v) is 15.2. The Labute approximate surface area is 147 Å². The zero-order valence-electron chi connectivity index (χ0n) is 15.2. The number of benzene rings is 1. The third kappa shape index (κ3) is 5.03. The highest BCUT2D eigenvalue weighted by atomic mass is 16.5. The Bertz CT molecular complexity index is 712. The molecule has 0 aliphatic rings. The summed E-state index contributed by atoms with van der Waals surface area (Å²) in [6, 6.07) is 5.21. The number of carbonyl (C=O) groups excluding carboxylic acids is 1. The molecule has 1 aromatic carbocycles. The average molecular weight is 346 g/mol. The van der Waals surface area contributed by atoms with Crippen molar-refractivity contribution in [3.63, 3.8) is 0 Å². The summed E-state index contributed by atoms with van der Waals surface area (Å²) in [7, 11) is 0. The molecule has 0 aliphatic heterocycles. The molecule has 1 atom stereocenters. The van der Waals surface area contributed by atoms with Crippen molar-refractivity contribution in [3.05, 3.63) is 29.6 Å². The number of rotatable bonds is 7. The van der Waals surface area contributed by atoms with E-state index < -0.39 is 0 Å². The smallest absolute Gasteiger partial charge is 0.319 e. The summed E-state index contributed by atoms with van der Waals surface area (Å²) in [5.41, 5.74) is 2.36. The van der Waals surface area contributed by atoms with Crippen molar-refractivity contribution in [2.24, 2.45) is 5.92 Å². The van der Waals surface area contributed by atoms with E-state index in [9.17, 15) is 4.79 Å². The highest BCUT2D eigenvalue weighted by molar-refractivity contribution is 5.91. The van der Waals surface area contributed by atoms with Gasteiger partial charge in [0.25, 0.3) is 5.89 Å². The molecule has 3 N–H and O–H groups in total. The van der Waals surface area contributed by atoms with Crippen LogP contribution >= 0.6 is 0 Å². The Morgan fingerprint density at radius 3 is 2.72 bits per heavy atom. The van der Waals surface area contributed by atoms with E-state index in [0.29, 0.717) is 30.2 Å². The Morgan fingerprint density at radius 2 is 2.12 bits per heavy atom. The number of anilines is 1. The maximum absolute atomic E-state index is 12.3. The first kappa shape index (κ1) is 18.9. The molecule has 2 aromatic rings. The Hall–Kier alpha value is -2.41. The van der Waals surface area contributed by atoms with Crippen LogP contribution in [0.4, 0.5) is 10.5 Å². The number of amides is 2. The van der Waals surface area contributed by atoms with Gasteiger partial charge < -0.3 is 20.3 Å². The van der Waals surface area contributed by atoms with E-state index in [1.807, 2.05) is 45.9 Å². The molecular formula is C18H26N4O3. The zero-order chi connectivity index (χ0) is 18.4. The van der Waals surface area contributed by atoms with Crippen LogP contribution in [0.3, 0.4) is 0 Å². The fourth-order valence-electron chi connectivity index (χ4n) is 2.44. The number of aliphatic hydroxyl groups excluding tert-OH is 1. The maximum atomic E-state index is 12.3. The van der Waals surface area contributed by atoms with Gasteiger partial charge in [-0.15, -0.1) is 0 Å². The second-order valence-electron chi connectivity index (χ2n) is 6.36. The van der Waals surface area contributed by atoms with Crippen LogP contribution < -0.4 is 10.6 Å². The number of aliphatic hydroxyl groups is 1. The van der Waals surface area contributed by atoms with E-state index in [4.69, 9.17) is 9.63 Å². The lowest BCUT2D eigenvalue weighted by Gasteiger charge is -2.22. The van der Waals surface area contributed by atoms with Gasteiger partial charge in [-0.1, -0.05) is 32.0 Å². The molecule has 7 heteroatoms. The van der Waals surface area contributed by atoms with Crippen molar-refractivity contribution in [2.75, 3.05) is 11.9 Å². The van der Waals surface area contributed by atoms with Gasteiger partial charge >= 0.3 is 6.03 Å². The molecule has 2 amide bonds. The minimum atomic E-state index is -0.299. The van der Waals surface area contributed by atoms with Crippen molar-refractivity contribution in [3.8, 4) is 11.5 Å². The number of hydrogen-bond donors (Lipinski definition) is 3. The maximum Gasteiger partial charge on any atom is 0.319 e. The van der Waals surface area contributed by atoms with Crippen molar-refractivity contribution in [1.29, 1.82) is 0 Å². The van der Waals surface area contributed by atoms with Gasteiger partial charge in [-0.2, -0.15) is 4.98 Å². The van der Waals surface area contributed by atoms with Crippen LogP contribution in [0, 0.1) is 12.8 Å². The molecule has 25 heavy (non-hydrogen) atoms. The molecule has 136 valence electrons.